The highest BCUT2D eigenvalue weighted by Gasteiger charge is 2.27. The Hall–Kier alpha value is -0.0800. The zero-order valence-electron chi connectivity index (χ0n) is 11.8. The first kappa shape index (κ1) is 13.4. The molecule has 0 heterocycles. The Morgan fingerprint density at radius 2 is 1.59 bits per heavy atom. The van der Waals surface area contributed by atoms with Gasteiger partial charge in [-0.05, 0) is 45.7 Å². The molecular weight excluding hydrogens is 208 g/mol. The van der Waals surface area contributed by atoms with Crippen molar-refractivity contribution in [2.45, 2.75) is 69.9 Å². The van der Waals surface area contributed by atoms with E-state index in [2.05, 4.69) is 24.3 Å². The SMILES string of the molecule is CNC(CN(C)C1CCCCC1)C1CCCC1. The number of likely N-dealkylation sites (N-methyl/N-ethyl adjacent to an activating group) is 2. The summed E-state index contributed by atoms with van der Waals surface area (Å²) in [4.78, 5) is 2.64. The summed E-state index contributed by atoms with van der Waals surface area (Å²) in [5.74, 6) is 0.936. The molecule has 0 spiro atoms. The smallest absolute Gasteiger partial charge is 0.0220 e. The van der Waals surface area contributed by atoms with E-state index in [4.69, 9.17) is 0 Å². The number of hydrogen-bond donors (Lipinski definition) is 1. The van der Waals surface area contributed by atoms with Gasteiger partial charge in [-0.2, -0.15) is 0 Å². The lowest BCUT2D eigenvalue weighted by atomic mass is 9.92. The van der Waals surface area contributed by atoms with Crippen molar-refractivity contribution in [1.82, 2.24) is 10.2 Å². The van der Waals surface area contributed by atoms with Gasteiger partial charge in [-0.1, -0.05) is 32.1 Å². The molecule has 2 saturated carbocycles. The summed E-state index contributed by atoms with van der Waals surface area (Å²) in [6.07, 6.45) is 13.0. The normalized spacial score (nSPS) is 25.6. The van der Waals surface area contributed by atoms with Crippen molar-refractivity contribution >= 4 is 0 Å². The van der Waals surface area contributed by atoms with Crippen molar-refractivity contribution in [2.75, 3.05) is 20.6 Å². The molecular formula is C15H30N2. The summed E-state index contributed by atoms with van der Waals surface area (Å²) in [5, 5.41) is 3.57. The second-order valence-corrected chi connectivity index (χ2v) is 6.17. The second kappa shape index (κ2) is 6.75. The van der Waals surface area contributed by atoms with Crippen LogP contribution in [0.2, 0.25) is 0 Å². The molecule has 0 aliphatic heterocycles. The van der Waals surface area contributed by atoms with Gasteiger partial charge in [-0.15, -0.1) is 0 Å². The van der Waals surface area contributed by atoms with E-state index in [-0.39, 0.29) is 0 Å². The standard InChI is InChI=1S/C15H30N2/c1-16-15(13-8-6-7-9-13)12-17(2)14-10-4-3-5-11-14/h13-16H,3-12H2,1-2H3. The van der Waals surface area contributed by atoms with Crippen LogP contribution in [-0.4, -0.2) is 37.6 Å². The van der Waals surface area contributed by atoms with Gasteiger partial charge in [-0.25, -0.2) is 0 Å². The molecule has 100 valence electrons. The predicted molar refractivity (Wildman–Crippen MR) is 74.3 cm³/mol. The van der Waals surface area contributed by atoms with Crippen LogP contribution >= 0.6 is 0 Å². The molecule has 0 saturated heterocycles. The van der Waals surface area contributed by atoms with Gasteiger partial charge in [0.05, 0.1) is 0 Å². The molecule has 0 amide bonds. The third kappa shape index (κ3) is 3.69. The van der Waals surface area contributed by atoms with Gasteiger partial charge in [0.15, 0.2) is 0 Å². The number of hydrogen-bond acceptors (Lipinski definition) is 2. The fraction of sp³-hybridized carbons (Fsp3) is 1.00. The van der Waals surface area contributed by atoms with Crippen molar-refractivity contribution in [3.63, 3.8) is 0 Å². The Morgan fingerprint density at radius 1 is 1.00 bits per heavy atom. The van der Waals surface area contributed by atoms with Crippen LogP contribution in [0.4, 0.5) is 0 Å². The molecule has 0 aromatic heterocycles. The molecule has 2 nitrogen and oxygen atoms in total. The van der Waals surface area contributed by atoms with E-state index >= 15 is 0 Å². The van der Waals surface area contributed by atoms with E-state index in [0.717, 1.165) is 18.0 Å². The van der Waals surface area contributed by atoms with E-state index in [1.54, 1.807) is 0 Å². The fourth-order valence-corrected chi connectivity index (χ4v) is 3.82. The summed E-state index contributed by atoms with van der Waals surface area (Å²) in [6.45, 7) is 1.26. The lowest BCUT2D eigenvalue weighted by Crippen LogP contribution is -2.46. The summed E-state index contributed by atoms with van der Waals surface area (Å²) in [6, 6.07) is 1.59. The van der Waals surface area contributed by atoms with Gasteiger partial charge >= 0.3 is 0 Å². The fourth-order valence-electron chi connectivity index (χ4n) is 3.82. The van der Waals surface area contributed by atoms with Crippen molar-refractivity contribution in [1.29, 1.82) is 0 Å². The van der Waals surface area contributed by atoms with Gasteiger partial charge in [-0.3, -0.25) is 0 Å². The predicted octanol–water partition coefficient (Wildman–Crippen LogP) is 3.03. The largest absolute Gasteiger partial charge is 0.315 e. The molecule has 0 radical (unpaired) electrons. The minimum atomic E-state index is 0.726. The Morgan fingerprint density at radius 3 is 2.18 bits per heavy atom. The maximum Gasteiger partial charge on any atom is 0.0220 e. The summed E-state index contributed by atoms with van der Waals surface area (Å²) < 4.78 is 0. The highest BCUT2D eigenvalue weighted by Crippen LogP contribution is 2.29. The van der Waals surface area contributed by atoms with E-state index in [9.17, 15) is 0 Å². The second-order valence-electron chi connectivity index (χ2n) is 6.17. The lowest BCUT2D eigenvalue weighted by Gasteiger charge is -2.35. The third-order valence-corrected chi connectivity index (χ3v) is 5.02. The van der Waals surface area contributed by atoms with Crippen LogP contribution in [-0.2, 0) is 0 Å². The summed E-state index contributed by atoms with van der Waals surface area (Å²) in [7, 11) is 4.49. The molecule has 0 bridgehead atoms. The van der Waals surface area contributed by atoms with Gasteiger partial charge in [0.1, 0.15) is 0 Å². The molecule has 0 aromatic carbocycles. The molecule has 1 N–H and O–H groups in total. The number of nitrogens with one attached hydrogen (secondary N) is 1. The lowest BCUT2D eigenvalue weighted by molar-refractivity contribution is 0.159. The minimum absolute atomic E-state index is 0.726. The van der Waals surface area contributed by atoms with E-state index in [0.29, 0.717) is 0 Å². The van der Waals surface area contributed by atoms with E-state index < -0.39 is 0 Å². The van der Waals surface area contributed by atoms with Crippen molar-refractivity contribution < 1.29 is 0 Å². The van der Waals surface area contributed by atoms with Gasteiger partial charge in [0.2, 0.25) is 0 Å². The quantitative estimate of drug-likeness (QED) is 0.792. The Labute approximate surface area is 107 Å². The van der Waals surface area contributed by atoms with Gasteiger partial charge < -0.3 is 10.2 Å². The van der Waals surface area contributed by atoms with Crippen LogP contribution in [0.25, 0.3) is 0 Å². The molecule has 2 rings (SSSR count). The molecule has 1 atom stereocenters. The molecule has 0 aromatic rings. The summed E-state index contributed by atoms with van der Waals surface area (Å²) in [5.41, 5.74) is 0. The van der Waals surface area contributed by atoms with Crippen molar-refractivity contribution in [3.05, 3.63) is 0 Å². The van der Waals surface area contributed by atoms with Gasteiger partial charge in [0, 0.05) is 18.6 Å². The molecule has 2 aliphatic rings. The molecule has 2 heteroatoms. The first-order chi connectivity index (χ1) is 8.31. The average molecular weight is 238 g/mol. The molecule has 17 heavy (non-hydrogen) atoms. The van der Waals surface area contributed by atoms with E-state index in [1.165, 1.54) is 64.3 Å². The first-order valence-corrected chi connectivity index (χ1v) is 7.68. The zero-order valence-corrected chi connectivity index (χ0v) is 11.8. The minimum Gasteiger partial charge on any atom is -0.315 e. The zero-order chi connectivity index (χ0) is 12.1. The molecule has 1 unspecified atom stereocenters. The maximum atomic E-state index is 3.57. The Kier molecular flexibility index (Phi) is 5.30. The monoisotopic (exact) mass is 238 g/mol. The van der Waals surface area contributed by atoms with E-state index in [1.807, 2.05) is 0 Å². The van der Waals surface area contributed by atoms with Gasteiger partial charge in [0.25, 0.3) is 0 Å². The van der Waals surface area contributed by atoms with Crippen LogP contribution < -0.4 is 5.32 Å². The van der Waals surface area contributed by atoms with Crippen LogP contribution in [0, 0.1) is 5.92 Å². The third-order valence-electron chi connectivity index (χ3n) is 5.02. The Balaban J connectivity index is 1.79. The number of rotatable bonds is 5. The van der Waals surface area contributed by atoms with Crippen molar-refractivity contribution in [3.8, 4) is 0 Å². The average Bonchev–Trinajstić information content (AvgIpc) is 2.90. The van der Waals surface area contributed by atoms with Crippen molar-refractivity contribution in [2.24, 2.45) is 5.92 Å². The summed E-state index contributed by atoms with van der Waals surface area (Å²) >= 11 is 0. The molecule has 2 aliphatic carbocycles. The van der Waals surface area contributed by atoms with Crippen LogP contribution in [0.5, 0.6) is 0 Å². The topological polar surface area (TPSA) is 15.3 Å². The maximum absolute atomic E-state index is 3.57. The highest BCUT2D eigenvalue weighted by molar-refractivity contribution is 4.84. The van der Waals surface area contributed by atoms with Crippen LogP contribution in [0.3, 0.4) is 0 Å². The highest BCUT2D eigenvalue weighted by atomic mass is 15.2. The molecule has 2 fully saturated rings. The van der Waals surface area contributed by atoms with Crippen LogP contribution in [0.1, 0.15) is 57.8 Å². The Bertz CT molecular complexity index is 205. The van der Waals surface area contributed by atoms with Crippen LogP contribution in [0.15, 0.2) is 0 Å². The number of nitrogens with zero attached hydrogens (tertiary/aromatic N) is 1. The first-order valence-electron chi connectivity index (χ1n) is 7.68.